The molecule has 1 saturated heterocycles. The number of nitrogens with zero attached hydrogens (tertiary/aromatic N) is 1. The maximum Gasteiger partial charge on any atom is 0.232 e. The van der Waals surface area contributed by atoms with Gasteiger partial charge in [0.2, 0.25) is 5.91 Å². The Balaban J connectivity index is 1.92. The number of carbonyl (C=O) groups is 1. The minimum atomic E-state index is 0.101. The van der Waals surface area contributed by atoms with E-state index in [0.29, 0.717) is 5.92 Å². The summed E-state index contributed by atoms with van der Waals surface area (Å²) >= 11 is 0. The van der Waals surface area contributed by atoms with E-state index in [1.165, 1.54) is 0 Å². The van der Waals surface area contributed by atoms with E-state index < -0.39 is 0 Å². The third-order valence-electron chi connectivity index (χ3n) is 3.58. The summed E-state index contributed by atoms with van der Waals surface area (Å²) < 4.78 is 0. The normalized spacial score (nSPS) is 33.1. The molecule has 1 aromatic rings. The predicted octanol–water partition coefficient (Wildman–Crippen LogP) is 0.915. The molecule has 2 N–H and O–H groups in total. The summed E-state index contributed by atoms with van der Waals surface area (Å²) in [6.07, 6.45) is 0. The van der Waals surface area contributed by atoms with E-state index >= 15 is 0 Å². The molecule has 0 radical (unpaired) electrons. The molecular formula is C12H14N2O. The number of hydrogen-bond donors (Lipinski definition) is 1. The zero-order valence-corrected chi connectivity index (χ0v) is 8.68. The van der Waals surface area contributed by atoms with Crippen LogP contribution in [0.3, 0.4) is 0 Å². The van der Waals surface area contributed by atoms with E-state index in [2.05, 4.69) is 0 Å². The smallest absolute Gasteiger partial charge is 0.232 e. The van der Waals surface area contributed by atoms with Gasteiger partial charge in [-0.1, -0.05) is 18.2 Å². The Morgan fingerprint density at radius 2 is 2.13 bits per heavy atom. The maximum atomic E-state index is 12.0. The first-order valence-electron chi connectivity index (χ1n) is 5.33. The molecule has 0 spiro atoms. The summed E-state index contributed by atoms with van der Waals surface area (Å²) in [6, 6.07) is 8.12. The molecule has 3 rings (SSSR count). The van der Waals surface area contributed by atoms with E-state index in [4.69, 9.17) is 5.73 Å². The lowest BCUT2D eigenvalue weighted by Gasteiger charge is -2.21. The van der Waals surface area contributed by atoms with E-state index in [9.17, 15) is 4.79 Å². The molecule has 2 fully saturated rings. The lowest BCUT2D eigenvalue weighted by Crippen LogP contribution is -2.33. The molecule has 15 heavy (non-hydrogen) atoms. The Hall–Kier alpha value is -1.35. The quantitative estimate of drug-likeness (QED) is 0.736. The zero-order valence-electron chi connectivity index (χ0n) is 8.68. The van der Waals surface area contributed by atoms with Crippen LogP contribution in [-0.2, 0) is 4.79 Å². The van der Waals surface area contributed by atoms with E-state index in [1.54, 1.807) is 0 Å². The highest BCUT2D eigenvalue weighted by molar-refractivity contribution is 6.01. The largest absolute Gasteiger partial charge is 0.327 e. The molecule has 78 valence electrons. The van der Waals surface area contributed by atoms with Crippen LogP contribution in [0.25, 0.3) is 0 Å². The summed E-state index contributed by atoms with van der Waals surface area (Å²) in [5, 5.41) is 0. The number of rotatable bonds is 1. The van der Waals surface area contributed by atoms with Crippen molar-refractivity contribution in [3.8, 4) is 0 Å². The van der Waals surface area contributed by atoms with Crippen LogP contribution >= 0.6 is 0 Å². The van der Waals surface area contributed by atoms with Gasteiger partial charge in [0.15, 0.2) is 0 Å². The van der Waals surface area contributed by atoms with E-state index in [-0.39, 0.29) is 17.9 Å². The third-order valence-corrected chi connectivity index (χ3v) is 3.58. The molecule has 3 unspecified atom stereocenters. The summed E-state index contributed by atoms with van der Waals surface area (Å²) in [4.78, 5) is 13.8. The Morgan fingerprint density at radius 1 is 1.40 bits per heavy atom. The maximum absolute atomic E-state index is 12.0. The number of carbonyl (C=O) groups excluding carboxylic acids is 1. The first kappa shape index (κ1) is 8.92. The number of nitrogens with two attached hydrogens (primary N) is 1. The molecule has 2 aliphatic rings. The SMILES string of the molecule is Cc1ccccc1N1CC2C(N)C2C1=O. The summed E-state index contributed by atoms with van der Waals surface area (Å²) in [7, 11) is 0. The highest BCUT2D eigenvalue weighted by Crippen LogP contribution is 2.46. The van der Waals surface area contributed by atoms with Crippen LogP contribution in [0.2, 0.25) is 0 Å². The van der Waals surface area contributed by atoms with Crippen molar-refractivity contribution in [3.63, 3.8) is 0 Å². The number of amides is 1. The first-order valence-corrected chi connectivity index (χ1v) is 5.33. The molecule has 0 aromatic heterocycles. The van der Waals surface area contributed by atoms with E-state index in [1.807, 2.05) is 36.1 Å². The molecule has 3 nitrogen and oxygen atoms in total. The fraction of sp³-hybridized carbons (Fsp3) is 0.417. The minimum Gasteiger partial charge on any atom is -0.327 e. The lowest BCUT2D eigenvalue weighted by molar-refractivity contribution is -0.118. The molecule has 1 aliphatic heterocycles. The second-order valence-corrected chi connectivity index (χ2v) is 4.50. The van der Waals surface area contributed by atoms with Crippen LogP contribution in [0.4, 0.5) is 5.69 Å². The van der Waals surface area contributed by atoms with Crippen LogP contribution in [0.5, 0.6) is 0 Å². The Labute approximate surface area is 88.9 Å². The van der Waals surface area contributed by atoms with Gasteiger partial charge < -0.3 is 10.6 Å². The summed E-state index contributed by atoms with van der Waals surface area (Å²) in [5.74, 6) is 0.712. The molecule has 1 amide bonds. The van der Waals surface area contributed by atoms with Crippen molar-refractivity contribution in [2.75, 3.05) is 11.4 Å². The van der Waals surface area contributed by atoms with Crippen LogP contribution in [0, 0.1) is 18.8 Å². The van der Waals surface area contributed by atoms with Gasteiger partial charge in [-0.15, -0.1) is 0 Å². The van der Waals surface area contributed by atoms with Crippen molar-refractivity contribution < 1.29 is 4.79 Å². The van der Waals surface area contributed by atoms with Gasteiger partial charge in [0.1, 0.15) is 0 Å². The van der Waals surface area contributed by atoms with Gasteiger partial charge in [-0.2, -0.15) is 0 Å². The van der Waals surface area contributed by atoms with Gasteiger partial charge in [-0.3, -0.25) is 4.79 Å². The van der Waals surface area contributed by atoms with Crippen molar-refractivity contribution in [2.45, 2.75) is 13.0 Å². The minimum absolute atomic E-state index is 0.101. The topological polar surface area (TPSA) is 46.3 Å². The first-order chi connectivity index (χ1) is 7.20. The Bertz CT molecular complexity index is 429. The molecule has 1 saturated carbocycles. The van der Waals surface area contributed by atoms with E-state index in [0.717, 1.165) is 17.8 Å². The monoisotopic (exact) mass is 202 g/mol. The number of fused-ring (bicyclic) bond motifs is 1. The van der Waals surface area contributed by atoms with Crippen LogP contribution in [-0.4, -0.2) is 18.5 Å². The van der Waals surface area contributed by atoms with Crippen LogP contribution in [0.1, 0.15) is 5.56 Å². The number of aryl methyl sites for hydroxylation is 1. The fourth-order valence-corrected chi connectivity index (χ4v) is 2.55. The van der Waals surface area contributed by atoms with Gasteiger partial charge in [0, 0.05) is 24.2 Å². The van der Waals surface area contributed by atoms with Crippen molar-refractivity contribution in [1.82, 2.24) is 0 Å². The van der Waals surface area contributed by atoms with Gasteiger partial charge >= 0.3 is 0 Å². The second-order valence-electron chi connectivity index (χ2n) is 4.50. The summed E-state index contributed by atoms with van der Waals surface area (Å²) in [6.45, 7) is 2.84. The standard InChI is InChI=1S/C12H14N2O/c1-7-4-2-3-5-9(7)14-6-8-10(11(8)13)12(14)15/h2-5,8,10-11H,6,13H2,1H3. The van der Waals surface area contributed by atoms with Gasteiger partial charge in [-0.05, 0) is 18.6 Å². The summed E-state index contributed by atoms with van der Waals surface area (Å²) in [5.41, 5.74) is 7.99. The number of anilines is 1. The number of para-hydroxylation sites is 1. The molecule has 3 atom stereocenters. The Morgan fingerprint density at radius 3 is 2.73 bits per heavy atom. The lowest BCUT2D eigenvalue weighted by atomic mass is 10.2. The molecule has 1 aliphatic carbocycles. The third kappa shape index (κ3) is 1.13. The predicted molar refractivity (Wildman–Crippen MR) is 58.5 cm³/mol. The molecule has 1 heterocycles. The van der Waals surface area contributed by atoms with Crippen molar-refractivity contribution in [3.05, 3.63) is 29.8 Å². The van der Waals surface area contributed by atoms with Crippen molar-refractivity contribution in [1.29, 1.82) is 0 Å². The van der Waals surface area contributed by atoms with Crippen LogP contribution < -0.4 is 10.6 Å². The molecular weight excluding hydrogens is 188 g/mol. The molecule has 0 bridgehead atoms. The van der Waals surface area contributed by atoms with Crippen molar-refractivity contribution >= 4 is 11.6 Å². The average Bonchev–Trinajstić information content (AvgIpc) is 2.70. The Kier molecular flexibility index (Phi) is 1.68. The van der Waals surface area contributed by atoms with Gasteiger partial charge in [0.05, 0.1) is 5.92 Å². The second kappa shape index (κ2) is 2.83. The number of piperidine rings is 1. The number of hydrogen-bond acceptors (Lipinski definition) is 2. The highest BCUT2D eigenvalue weighted by atomic mass is 16.2. The average molecular weight is 202 g/mol. The van der Waals surface area contributed by atoms with Gasteiger partial charge in [0.25, 0.3) is 0 Å². The molecule has 3 heteroatoms. The molecule has 1 aromatic carbocycles. The number of benzene rings is 1. The highest BCUT2D eigenvalue weighted by Gasteiger charge is 2.60. The van der Waals surface area contributed by atoms with Crippen molar-refractivity contribution in [2.24, 2.45) is 17.6 Å². The fourth-order valence-electron chi connectivity index (χ4n) is 2.55. The zero-order chi connectivity index (χ0) is 10.6. The van der Waals surface area contributed by atoms with Gasteiger partial charge in [-0.25, -0.2) is 0 Å². The van der Waals surface area contributed by atoms with Crippen LogP contribution in [0.15, 0.2) is 24.3 Å².